The molecule has 3 N–H and O–H groups in total. The number of aromatic amines is 1. The molecule has 4 aromatic rings. The van der Waals surface area contributed by atoms with Crippen LogP contribution in [0.3, 0.4) is 0 Å². The van der Waals surface area contributed by atoms with Crippen molar-refractivity contribution in [3.05, 3.63) is 78.1 Å². The van der Waals surface area contributed by atoms with Gasteiger partial charge in [0.2, 0.25) is 11.8 Å². The molecule has 9 nitrogen and oxygen atoms in total. The fourth-order valence-electron chi connectivity index (χ4n) is 4.76. The SMILES string of the molecule is O=C(NCC(=O)N1CCC[C@H]1C(=O)NCc1cnc2[nH]ccc2c1)c1ccc2c(c1)Oc1ccccc1S2. The van der Waals surface area contributed by atoms with Gasteiger partial charge in [0.15, 0.2) is 0 Å². The summed E-state index contributed by atoms with van der Waals surface area (Å²) in [6.07, 6.45) is 4.85. The number of pyridine rings is 1. The van der Waals surface area contributed by atoms with Crippen LogP contribution in [0.1, 0.15) is 28.8 Å². The molecule has 0 unspecified atom stereocenters. The summed E-state index contributed by atoms with van der Waals surface area (Å²) in [5.74, 6) is 0.486. The number of fused-ring (bicyclic) bond motifs is 3. The van der Waals surface area contributed by atoms with Gasteiger partial charge < -0.3 is 25.3 Å². The molecule has 38 heavy (non-hydrogen) atoms. The van der Waals surface area contributed by atoms with Gasteiger partial charge in [0, 0.05) is 36.4 Å². The molecule has 10 heteroatoms. The fraction of sp³-hybridized carbons (Fsp3) is 0.214. The molecule has 192 valence electrons. The highest BCUT2D eigenvalue weighted by atomic mass is 32.2. The van der Waals surface area contributed by atoms with Crippen molar-refractivity contribution < 1.29 is 19.1 Å². The summed E-state index contributed by atoms with van der Waals surface area (Å²) in [5.41, 5.74) is 2.08. The van der Waals surface area contributed by atoms with E-state index >= 15 is 0 Å². The maximum Gasteiger partial charge on any atom is 0.251 e. The Labute approximate surface area is 223 Å². The van der Waals surface area contributed by atoms with Gasteiger partial charge in [-0.1, -0.05) is 23.9 Å². The number of carbonyl (C=O) groups is 3. The number of ether oxygens (including phenoxy) is 1. The van der Waals surface area contributed by atoms with E-state index in [0.29, 0.717) is 30.8 Å². The fourth-order valence-corrected chi connectivity index (χ4v) is 5.69. The topological polar surface area (TPSA) is 116 Å². The van der Waals surface area contributed by atoms with E-state index in [-0.39, 0.29) is 24.3 Å². The number of para-hydroxylation sites is 1. The van der Waals surface area contributed by atoms with Crippen LogP contribution in [0.25, 0.3) is 11.0 Å². The Hall–Kier alpha value is -4.31. The Morgan fingerprint density at radius 1 is 1.05 bits per heavy atom. The second kappa shape index (κ2) is 10.2. The minimum Gasteiger partial charge on any atom is -0.455 e. The molecule has 0 bridgehead atoms. The molecule has 2 aliphatic rings. The van der Waals surface area contributed by atoms with Gasteiger partial charge >= 0.3 is 0 Å². The van der Waals surface area contributed by atoms with Crippen LogP contribution < -0.4 is 15.4 Å². The molecule has 1 fully saturated rings. The lowest BCUT2D eigenvalue weighted by molar-refractivity contribution is -0.137. The summed E-state index contributed by atoms with van der Waals surface area (Å²) in [5, 5.41) is 6.59. The van der Waals surface area contributed by atoms with Gasteiger partial charge in [0.1, 0.15) is 23.2 Å². The van der Waals surface area contributed by atoms with Crippen LogP contribution in [0.15, 0.2) is 76.8 Å². The summed E-state index contributed by atoms with van der Waals surface area (Å²) < 4.78 is 5.96. The first-order valence-corrected chi connectivity index (χ1v) is 13.2. The van der Waals surface area contributed by atoms with E-state index in [1.165, 1.54) is 0 Å². The molecular weight excluding hydrogens is 502 g/mol. The third kappa shape index (κ3) is 4.82. The van der Waals surface area contributed by atoms with Crippen molar-refractivity contribution in [2.24, 2.45) is 0 Å². The molecule has 3 amide bonds. The van der Waals surface area contributed by atoms with Crippen molar-refractivity contribution in [2.75, 3.05) is 13.1 Å². The zero-order valence-electron chi connectivity index (χ0n) is 20.4. The number of likely N-dealkylation sites (tertiary alicyclic amines) is 1. The van der Waals surface area contributed by atoms with Gasteiger partial charge in [-0.2, -0.15) is 0 Å². The second-order valence-electron chi connectivity index (χ2n) is 9.22. The molecular formula is C28H25N5O4S. The van der Waals surface area contributed by atoms with Crippen molar-refractivity contribution in [1.82, 2.24) is 25.5 Å². The van der Waals surface area contributed by atoms with E-state index in [4.69, 9.17) is 4.74 Å². The lowest BCUT2D eigenvalue weighted by Crippen LogP contribution is -2.48. The molecule has 6 rings (SSSR count). The number of nitrogens with one attached hydrogen (secondary N) is 3. The minimum absolute atomic E-state index is 0.188. The van der Waals surface area contributed by atoms with Crippen LogP contribution in [0.2, 0.25) is 0 Å². The summed E-state index contributed by atoms with van der Waals surface area (Å²) >= 11 is 1.58. The molecule has 2 aromatic heterocycles. The van der Waals surface area contributed by atoms with E-state index < -0.39 is 6.04 Å². The number of benzene rings is 2. The van der Waals surface area contributed by atoms with Crippen molar-refractivity contribution in [1.29, 1.82) is 0 Å². The number of hydrogen-bond acceptors (Lipinski definition) is 6. The first kappa shape index (κ1) is 24.1. The summed E-state index contributed by atoms with van der Waals surface area (Å²) in [6, 6.07) is 16.3. The normalized spacial score (nSPS) is 15.9. The number of nitrogens with zero attached hydrogens (tertiary/aromatic N) is 2. The predicted molar refractivity (Wildman–Crippen MR) is 142 cm³/mol. The van der Waals surface area contributed by atoms with Gasteiger partial charge in [-0.05, 0) is 60.9 Å². The van der Waals surface area contributed by atoms with E-state index in [1.807, 2.05) is 48.7 Å². The van der Waals surface area contributed by atoms with Gasteiger partial charge in [-0.15, -0.1) is 0 Å². The second-order valence-corrected chi connectivity index (χ2v) is 10.3. The number of H-pyrrole nitrogens is 1. The van der Waals surface area contributed by atoms with Gasteiger partial charge in [0.25, 0.3) is 5.91 Å². The molecule has 1 atom stereocenters. The van der Waals surface area contributed by atoms with Crippen molar-refractivity contribution in [3.63, 3.8) is 0 Å². The summed E-state index contributed by atoms with van der Waals surface area (Å²) in [7, 11) is 0. The van der Waals surface area contributed by atoms with Crippen LogP contribution in [0.5, 0.6) is 11.5 Å². The highest BCUT2D eigenvalue weighted by Crippen LogP contribution is 2.46. The third-order valence-corrected chi connectivity index (χ3v) is 7.81. The first-order valence-electron chi connectivity index (χ1n) is 12.4. The smallest absolute Gasteiger partial charge is 0.251 e. The number of aromatic nitrogens is 2. The molecule has 0 radical (unpaired) electrons. The van der Waals surface area contributed by atoms with Crippen LogP contribution in [-0.2, 0) is 16.1 Å². The largest absolute Gasteiger partial charge is 0.455 e. The maximum absolute atomic E-state index is 12.9. The number of rotatable bonds is 6. The number of hydrogen-bond donors (Lipinski definition) is 3. The average molecular weight is 528 g/mol. The van der Waals surface area contributed by atoms with Crippen LogP contribution in [0.4, 0.5) is 0 Å². The van der Waals surface area contributed by atoms with E-state index in [0.717, 1.165) is 38.6 Å². The zero-order chi connectivity index (χ0) is 26.1. The summed E-state index contributed by atoms with van der Waals surface area (Å²) in [6.45, 7) is 0.616. The van der Waals surface area contributed by atoms with Crippen molar-refractivity contribution in [3.8, 4) is 11.5 Å². The summed E-state index contributed by atoms with van der Waals surface area (Å²) in [4.78, 5) is 49.5. The van der Waals surface area contributed by atoms with Gasteiger partial charge in [0.05, 0.1) is 16.3 Å². The van der Waals surface area contributed by atoms with E-state index in [9.17, 15) is 14.4 Å². The molecule has 2 aromatic carbocycles. The Morgan fingerprint density at radius 3 is 2.84 bits per heavy atom. The number of amides is 3. The lowest BCUT2D eigenvalue weighted by atomic mass is 10.2. The van der Waals surface area contributed by atoms with Crippen LogP contribution in [0, 0.1) is 0 Å². The quantitative estimate of drug-likeness (QED) is 0.309. The molecule has 1 saturated heterocycles. The molecule has 2 aliphatic heterocycles. The third-order valence-electron chi connectivity index (χ3n) is 6.69. The zero-order valence-corrected chi connectivity index (χ0v) is 21.2. The maximum atomic E-state index is 12.9. The van der Waals surface area contributed by atoms with Crippen LogP contribution >= 0.6 is 11.8 Å². The highest BCUT2D eigenvalue weighted by molar-refractivity contribution is 7.99. The van der Waals surface area contributed by atoms with Crippen molar-refractivity contribution in [2.45, 2.75) is 35.2 Å². The minimum atomic E-state index is -0.558. The predicted octanol–water partition coefficient (Wildman–Crippen LogP) is 3.86. The number of carbonyl (C=O) groups excluding carboxylic acids is 3. The van der Waals surface area contributed by atoms with Gasteiger partial charge in [-0.25, -0.2) is 4.98 Å². The monoisotopic (exact) mass is 527 g/mol. The van der Waals surface area contributed by atoms with E-state index in [1.54, 1.807) is 35.0 Å². The van der Waals surface area contributed by atoms with Crippen molar-refractivity contribution >= 4 is 40.5 Å². The standard InChI is InChI=1S/C28H25N5O4S/c34-25(16-32-27(35)19-7-8-24-22(13-19)37-21-5-1-2-6-23(21)38-24)33-11-3-4-20(33)28(36)31-15-17-12-18-9-10-29-26(18)30-14-17/h1-2,5-10,12-14,20H,3-4,11,15-16H2,(H,29,30)(H,31,36)(H,32,35)/t20-/m0/s1. The Bertz CT molecular complexity index is 1550. The molecule has 4 heterocycles. The Morgan fingerprint density at radius 2 is 1.92 bits per heavy atom. The average Bonchev–Trinajstić information content (AvgIpc) is 3.63. The highest BCUT2D eigenvalue weighted by Gasteiger charge is 2.34. The molecule has 0 saturated carbocycles. The first-order chi connectivity index (χ1) is 18.5. The van der Waals surface area contributed by atoms with Gasteiger partial charge in [-0.3, -0.25) is 14.4 Å². The van der Waals surface area contributed by atoms with E-state index in [2.05, 4.69) is 20.6 Å². The molecule has 0 aliphatic carbocycles. The molecule has 0 spiro atoms. The Kier molecular flexibility index (Phi) is 6.47. The Balaban J connectivity index is 1.04. The van der Waals surface area contributed by atoms with Crippen LogP contribution in [-0.4, -0.2) is 51.7 Å². The lowest BCUT2D eigenvalue weighted by Gasteiger charge is -2.24.